The molecule has 2 aliphatic heterocycles. The van der Waals surface area contributed by atoms with Gasteiger partial charge in [0, 0.05) is 6.42 Å². The number of hydrogen-bond acceptors (Lipinski definition) is 6. The number of hydrogen-bond donors (Lipinski definition) is 1. The van der Waals surface area contributed by atoms with Gasteiger partial charge in [0.15, 0.2) is 0 Å². The van der Waals surface area contributed by atoms with Crippen LogP contribution in [0.15, 0.2) is 36.4 Å². The fourth-order valence-electron chi connectivity index (χ4n) is 4.53. The number of ether oxygens (including phenoxy) is 3. The number of phenolic OH excluding ortho intramolecular Hbond substituents is 1. The molecule has 0 aromatic heterocycles. The van der Waals surface area contributed by atoms with Gasteiger partial charge in [-0.05, 0) is 80.0 Å². The van der Waals surface area contributed by atoms with E-state index < -0.39 is 23.7 Å². The second-order valence-electron chi connectivity index (χ2n) is 9.71. The van der Waals surface area contributed by atoms with Crippen molar-refractivity contribution >= 4 is 12.1 Å². The molecule has 7 heteroatoms. The summed E-state index contributed by atoms with van der Waals surface area (Å²) >= 11 is 0. The van der Waals surface area contributed by atoms with E-state index >= 15 is 0 Å². The van der Waals surface area contributed by atoms with E-state index in [0.717, 1.165) is 40.8 Å². The van der Waals surface area contributed by atoms with Crippen molar-refractivity contribution in [1.29, 1.82) is 0 Å². The zero-order chi connectivity index (χ0) is 23.8. The number of nitrogens with zero attached hydrogens (tertiary/aromatic N) is 1. The molecule has 1 N–H and O–H groups in total. The molecule has 1 unspecified atom stereocenters. The van der Waals surface area contributed by atoms with Gasteiger partial charge in [0.05, 0.1) is 20.3 Å². The summed E-state index contributed by atoms with van der Waals surface area (Å²) in [5, 5.41) is 9.62. The number of rotatable bonds is 2. The first-order chi connectivity index (χ1) is 15.6. The van der Waals surface area contributed by atoms with E-state index in [1.165, 1.54) is 12.0 Å². The third-order valence-electron chi connectivity index (χ3n) is 6.17. The average molecular weight is 454 g/mol. The van der Waals surface area contributed by atoms with Crippen LogP contribution in [0.1, 0.15) is 55.4 Å². The molecular formula is C26H31NO6. The van der Waals surface area contributed by atoms with Crippen molar-refractivity contribution in [3.8, 4) is 11.5 Å². The number of fused-ring (bicyclic) bond motifs is 2. The van der Waals surface area contributed by atoms with Crippen molar-refractivity contribution in [1.82, 2.24) is 4.90 Å². The third-order valence-corrected chi connectivity index (χ3v) is 6.17. The SMILES string of the molecule is COC(=O)[C@@H]1Cc2cc3c(cc2CN1C(=O)OC(C)(C)C)CC(c1ccc(O)cc1)CCO3. The van der Waals surface area contributed by atoms with Crippen molar-refractivity contribution < 1.29 is 28.9 Å². The molecule has 2 aromatic rings. The van der Waals surface area contributed by atoms with E-state index in [4.69, 9.17) is 14.2 Å². The standard InChI is InChI=1S/C26H31NO6/c1-26(2,3)33-25(30)27-15-20-12-19-11-17(16-5-7-21(28)8-6-16)9-10-32-23(19)14-18(20)13-22(27)24(29)31-4/h5-8,12,14,17,22,28H,9-11,13,15H2,1-4H3/t17?,22-/m0/s1. The van der Waals surface area contributed by atoms with Crippen molar-refractivity contribution in [2.24, 2.45) is 0 Å². The highest BCUT2D eigenvalue weighted by Crippen LogP contribution is 2.37. The molecule has 2 aromatic carbocycles. The van der Waals surface area contributed by atoms with Crippen molar-refractivity contribution in [3.05, 3.63) is 58.7 Å². The Balaban J connectivity index is 1.64. The van der Waals surface area contributed by atoms with E-state index in [9.17, 15) is 14.7 Å². The zero-order valence-corrected chi connectivity index (χ0v) is 19.6. The van der Waals surface area contributed by atoms with Gasteiger partial charge in [-0.15, -0.1) is 0 Å². The molecule has 2 atom stereocenters. The second-order valence-corrected chi connectivity index (χ2v) is 9.71. The smallest absolute Gasteiger partial charge is 0.411 e. The molecule has 7 nitrogen and oxygen atoms in total. The zero-order valence-electron chi connectivity index (χ0n) is 19.6. The molecular weight excluding hydrogens is 422 g/mol. The van der Waals surface area contributed by atoms with Gasteiger partial charge >= 0.3 is 12.1 Å². The van der Waals surface area contributed by atoms with Gasteiger partial charge < -0.3 is 19.3 Å². The lowest BCUT2D eigenvalue weighted by Gasteiger charge is -2.36. The summed E-state index contributed by atoms with van der Waals surface area (Å²) in [6.07, 6.45) is 1.47. The van der Waals surface area contributed by atoms with Crippen LogP contribution in [-0.2, 0) is 33.7 Å². The molecule has 2 heterocycles. The molecule has 4 rings (SSSR count). The second kappa shape index (κ2) is 8.96. The summed E-state index contributed by atoms with van der Waals surface area (Å²) in [5.41, 5.74) is 3.52. The fourth-order valence-corrected chi connectivity index (χ4v) is 4.53. The Morgan fingerprint density at radius 2 is 1.79 bits per heavy atom. The number of carbonyl (C=O) groups excluding carboxylic acids is 2. The van der Waals surface area contributed by atoms with Crippen LogP contribution in [0.25, 0.3) is 0 Å². The van der Waals surface area contributed by atoms with Gasteiger partial charge in [0.2, 0.25) is 0 Å². The van der Waals surface area contributed by atoms with Crippen LogP contribution in [0.3, 0.4) is 0 Å². The molecule has 176 valence electrons. The lowest BCUT2D eigenvalue weighted by Crippen LogP contribution is -2.50. The number of esters is 1. The summed E-state index contributed by atoms with van der Waals surface area (Å²) in [5.74, 6) is 0.873. The summed E-state index contributed by atoms with van der Waals surface area (Å²) in [6.45, 7) is 6.26. The fraction of sp³-hybridized carbons (Fsp3) is 0.462. The van der Waals surface area contributed by atoms with Gasteiger partial charge in [0.1, 0.15) is 23.1 Å². The molecule has 0 saturated carbocycles. The van der Waals surface area contributed by atoms with Gasteiger partial charge in [-0.3, -0.25) is 4.90 Å². The van der Waals surface area contributed by atoms with Crippen molar-refractivity contribution in [3.63, 3.8) is 0 Å². The highest BCUT2D eigenvalue weighted by molar-refractivity contribution is 5.82. The number of aromatic hydroxyl groups is 1. The largest absolute Gasteiger partial charge is 0.508 e. The minimum Gasteiger partial charge on any atom is -0.508 e. The van der Waals surface area contributed by atoms with Crippen LogP contribution < -0.4 is 4.74 Å². The lowest BCUT2D eigenvalue weighted by atomic mass is 9.87. The van der Waals surface area contributed by atoms with Crippen LogP contribution in [0.5, 0.6) is 11.5 Å². The number of benzene rings is 2. The van der Waals surface area contributed by atoms with E-state index in [2.05, 4.69) is 6.07 Å². The Labute approximate surface area is 194 Å². The number of carbonyl (C=O) groups is 2. The Bertz CT molecular complexity index is 1040. The van der Waals surface area contributed by atoms with Gasteiger partial charge in [-0.2, -0.15) is 0 Å². The van der Waals surface area contributed by atoms with Gasteiger partial charge in [-0.25, -0.2) is 9.59 Å². The van der Waals surface area contributed by atoms with E-state index in [0.29, 0.717) is 13.0 Å². The van der Waals surface area contributed by atoms with Crippen LogP contribution in [0.2, 0.25) is 0 Å². The predicted molar refractivity (Wildman–Crippen MR) is 122 cm³/mol. The number of phenols is 1. The predicted octanol–water partition coefficient (Wildman–Crippen LogP) is 4.34. The average Bonchev–Trinajstić information content (AvgIpc) is 2.97. The van der Waals surface area contributed by atoms with Crippen LogP contribution in [0, 0.1) is 0 Å². The number of methoxy groups -OCH3 is 1. The number of amides is 1. The van der Waals surface area contributed by atoms with Crippen LogP contribution in [-0.4, -0.2) is 47.4 Å². The minimum atomic E-state index is -0.745. The van der Waals surface area contributed by atoms with E-state index in [-0.39, 0.29) is 18.2 Å². The summed E-state index contributed by atoms with van der Waals surface area (Å²) in [4.78, 5) is 26.9. The van der Waals surface area contributed by atoms with Crippen molar-refractivity contribution in [2.45, 2.75) is 64.1 Å². The molecule has 0 spiro atoms. The monoisotopic (exact) mass is 453 g/mol. The minimum absolute atomic E-state index is 0.250. The first-order valence-electron chi connectivity index (χ1n) is 11.3. The third kappa shape index (κ3) is 5.07. The topological polar surface area (TPSA) is 85.3 Å². The molecule has 1 amide bonds. The van der Waals surface area contributed by atoms with Crippen molar-refractivity contribution in [2.75, 3.05) is 13.7 Å². The van der Waals surface area contributed by atoms with Gasteiger partial charge in [0.25, 0.3) is 0 Å². The molecule has 0 radical (unpaired) electrons. The normalized spacial score (nSPS) is 20.1. The first-order valence-corrected chi connectivity index (χ1v) is 11.3. The lowest BCUT2D eigenvalue weighted by molar-refractivity contribution is -0.147. The van der Waals surface area contributed by atoms with Crippen LogP contribution in [0.4, 0.5) is 4.79 Å². The molecule has 2 aliphatic rings. The maximum absolute atomic E-state index is 12.9. The van der Waals surface area contributed by atoms with Gasteiger partial charge in [-0.1, -0.05) is 18.2 Å². The molecule has 33 heavy (non-hydrogen) atoms. The quantitative estimate of drug-likeness (QED) is 0.681. The molecule has 0 bridgehead atoms. The molecule has 0 fully saturated rings. The molecule has 0 aliphatic carbocycles. The Morgan fingerprint density at radius 1 is 1.06 bits per heavy atom. The maximum atomic E-state index is 12.9. The summed E-state index contributed by atoms with van der Waals surface area (Å²) in [6, 6.07) is 10.7. The summed E-state index contributed by atoms with van der Waals surface area (Å²) < 4.78 is 16.6. The van der Waals surface area contributed by atoms with Crippen LogP contribution >= 0.6 is 0 Å². The highest BCUT2D eigenvalue weighted by atomic mass is 16.6. The van der Waals surface area contributed by atoms with E-state index in [1.807, 2.05) is 18.2 Å². The van der Waals surface area contributed by atoms with E-state index in [1.54, 1.807) is 32.9 Å². The molecule has 0 saturated heterocycles. The highest BCUT2D eigenvalue weighted by Gasteiger charge is 2.38. The Hall–Kier alpha value is -3.22. The first kappa shape index (κ1) is 23.0. The Morgan fingerprint density at radius 3 is 2.45 bits per heavy atom. The summed E-state index contributed by atoms with van der Waals surface area (Å²) in [7, 11) is 1.33. The Kier molecular flexibility index (Phi) is 6.23. The maximum Gasteiger partial charge on any atom is 0.411 e.